The molecule has 8 heteroatoms. The minimum Gasteiger partial charge on any atom is -0.468 e. The van der Waals surface area contributed by atoms with E-state index in [2.05, 4.69) is 5.32 Å². The van der Waals surface area contributed by atoms with Crippen LogP contribution < -0.4 is 5.32 Å². The van der Waals surface area contributed by atoms with Crippen molar-refractivity contribution in [2.24, 2.45) is 0 Å². The van der Waals surface area contributed by atoms with Gasteiger partial charge >= 0.3 is 12.0 Å². The van der Waals surface area contributed by atoms with E-state index >= 15 is 0 Å². The molecule has 0 aromatic carbocycles. The monoisotopic (exact) mass is 325 g/mol. The molecule has 0 aromatic rings. The normalized spacial score (nSPS) is 30.8. The van der Waals surface area contributed by atoms with Gasteiger partial charge in [-0.2, -0.15) is 0 Å². The molecule has 3 rings (SSSR count). The lowest BCUT2D eigenvalue weighted by Gasteiger charge is -2.31. The number of β-amino-alcohol motifs (C(OH)–C–C–N with tert-alkyl or cyclic N) is 1. The molecule has 0 aromatic heterocycles. The van der Waals surface area contributed by atoms with Crippen molar-refractivity contribution in [2.75, 3.05) is 20.3 Å². The first kappa shape index (κ1) is 16.2. The number of amides is 3. The number of urea groups is 1. The number of carbonyl (C=O) groups excluding carboxylic acids is 3. The zero-order valence-electron chi connectivity index (χ0n) is 13.3. The van der Waals surface area contributed by atoms with Gasteiger partial charge in [0.2, 0.25) is 0 Å². The molecule has 128 valence electrons. The lowest BCUT2D eigenvalue weighted by Crippen LogP contribution is -2.50. The highest BCUT2D eigenvalue weighted by Gasteiger charge is 2.52. The Labute approximate surface area is 134 Å². The first-order chi connectivity index (χ1) is 11.0. The molecule has 2 heterocycles. The van der Waals surface area contributed by atoms with E-state index in [0.29, 0.717) is 12.8 Å². The van der Waals surface area contributed by atoms with E-state index in [9.17, 15) is 19.5 Å². The fourth-order valence-electron chi connectivity index (χ4n) is 3.90. The minimum atomic E-state index is -0.769. The Kier molecular flexibility index (Phi) is 4.29. The lowest BCUT2D eigenvalue weighted by molar-refractivity contribution is -0.147. The summed E-state index contributed by atoms with van der Waals surface area (Å²) >= 11 is 0. The molecule has 1 saturated carbocycles. The molecule has 3 amide bonds. The number of nitrogens with one attached hydrogen (secondary N) is 1. The van der Waals surface area contributed by atoms with Crippen molar-refractivity contribution < 1.29 is 24.2 Å². The fraction of sp³-hybridized carbons (Fsp3) is 0.800. The van der Waals surface area contributed by atoms with Crippen LogP contribution in [0.1, 0.15) is 38.5 Å². The molecule has 8 nitrogen and oxygen atoms in total. The van der Waals surface area contributed by atoms with Crippen LogP contribution in [0.4, 0.5) is 4.79 Å². The molecule has 2 saturated heterocycles. The average molecular weight is 325 g/mol. The van der Waals surface area contributed by atoms with E-state index in [4.69, 9.17) is 4.74 Å². The number of rotatable bonds is 3. The highest BCUT2D eigenvalue weighted by atomic mass is 16.5. The summed E-state index contributed by atoms with van der Waals surface area (Å²) in [6, 6.07) is -1.04. The SMILES string of the molecule is COC(=O)[C@@H]1C[C@H](O)CN1CN1C(=O)NC2(CCCCC2)C1=O. The number of aliphatic hydroxyl groups is 1. The summed E-state index contributed by atoms with van der Waals surface area (Å²) in [5.74, 6) is -0.673. The molecule has 0 bridgehead atoms. The predicted octanol–water partition coefficient (Wildman–Crippen LogP) is -0.193. The zero-order chi connectivity index (χ0) is 16.6. The van der Waals surface area contributed by atoms with E-state index in [1.807, 2.05) is 0 Å². The van der Waals surface area contributed by atoms with Gasteiger partial charge in [0, 0.05) is 13.0 Å². The number of nitrogens with zero attached hydrogens (tertiary/aromatic N) is 2. The standard InChI is InChI=1S/C15H23N3O5/c1-23-12(20)11-7-10(19)8-17(11)9-18-13(21)15(16-14(18)22)5-3-2-4-6-15/h10-11,19H,2-9H2,1H3,(H,16,22)/t10-,11-/m0/s1. The molecular formula is C15H23N3O5. The molecule has 0 unspecified atom stereocenters. The second-order valence-corrected chi connectivity index (χ2v) is 6.65. The minimum absolute atomic E-state index is 0.00322. The van der Waals surface area contributed by atoms with E-state index in [1.54, 1.807) is 4.90 Å². The molecule has 2 aliphatic heterocycles. The van der Waals surface area contributed by atoms with Gasteiger partial charge in [-0.05, 0) is 12.8 Å². The van der Waals surface area contributed by atoms with Gasteiger partial charge in [-0.3, -0.25) is 14.5 Å². The van der Waals surface area contributed by atoms with Crippen LogP contribution in [0.15, 0.2) is 0 Å². The summed E-state index contributed by atoms with van der Waals surface area (Å²) in [4.78, 5) is 39.6. The molecule has 2 N–H and O–H groups in total. The van der Waals surface area contributed by atoms with Crippen molar-refractivity contribution >= 4 is 17.9 Å². The Morgan fingerprint density at radius 1 is 1.35 bits per heavy atom. The molecule has 3 aliphatic rings. The van der Waals surface area contributed by atoms with Gasteiger partial charge in [-0.1, -0.05) is 19.3 Å². The molecule has 0 radical (unpaired) electrons. The third kappa shape index (κ3) is 2.81. The number of esters is 1. The third-order valence-corrected chi connectivity index (χ3v) is 5.13. The molecule has 1 aliphatic carbocycles. The highest BCUT2D eigenvalue weighted by Crippen LogP contribution is 2.34. The number of aliphatic hydroxyl groups excluding tert-OH is 1. The summed E-state index contributed by atoms with van der Waals surface area (Å²) < 4.78 is 4.74. The summed E-state index contributed by atoms with van der Waals surface area (Å²) in [5, 5.41) is 12.7. The van der Waals surface area contributed by atoms with Gasteiger partial charge in [0.25, 0.3) is 5.91 Å². The predicted molar refractivity (Wildman–Crippen MR) is 79.2 cm³/mol. The molecule has 1 spiro atoms. The van der Waals surface area contributed by atoms with E-state index in [0.717, 1.165) is 19.3 Å². The maximum Gasteiger partial charge on any atom is 0.326 e. The molecule has 3 fully saturated rings. The summed E-state index contributed by atoms with van der Waals surface area (Å²) in [6.07, 6.45) is 3.84. The largest absolute Gasteiger partial charge is 0.468 e. The van der Waals surface area contributed by atoms with Crippen LogP contribution in [-0.4, -0.2) is 70.8 Å². The van der Waals surface area contributed by atoms with Crippen LogP contribution in [0, 0.1) is 0 Å². The van der Waals surface area contributed by atoms with Crippen LogP contribution in [0.5, 0.6) is 0 Å². The van der Waals surface area contributed by atoms with Gasteiger partial charge in [0.1, 0.15) is 11.6 Å². The van der Waals surface area contributed by atoms with Crippen molar-refractivity contribution in [2.45, 2.75) is 56.2 Å². The third-order valence-electron chi connectivity index (χ3n) is 5.13. The zero-order valence-corrected chi connectivity index (χ0v) is 13.3. The molecular weight excluding hydrogens is 302 g/mol. The van der Waals surface area contributed by atoms with Crippen LogP contribution in [0.25, 0.3) is 0 Å². The van der Waals surface area contributed by atoms with Gasteiger partial charge in [0.05, 0.1) is 19.9 Å². The van der Waals surface area contributed by atoms with Gasteiger partial charge in [-0.25, -0.2) is 9.69 Å². The molecule has 23 heavy (non-hydrogen) atoms. The molecule has 2 atom stereocenters. The Morgan fingerprint density at radius 3 is 2.70 bits per heavy atom. The topological polar surface area (TPSA) is 99.2 Å². The Morgan fingerprint density at radius 2 is 2.04 bits per heavy atom. The van der Waals surface area contributed by atoms with Gasteiger partial charge in [-0.15, -0.1) is 0 Å². The van der Waals surface area contributed by atoms with Crippen LogP contribution >= 0.6 is 0 Å². The van der Waals surface area contributed by atoms with Crippen molar-refractivity contribution in [3.05, 3.63) is 0 Å². The first-order valence-electron chi connectivity index (χ1n) is 8.11. The number of carbonyl (C=O) groups is 3. The summed E-state index contributed by atoms with van der Waals surface area (Å²) in [5.41, 5.74) is -0.769. The Bertz CT molecular complexity index is 517. The maximum absolute atomic E-state index is 12.7. The number of hydrogen-bond acceptors (Lipinski definition) is 6. The van der Waals surface area contributed by atoms with Crippen molar-refractivity contribution in [1.29, 1.82) is 0 Å². The quantitative estimate of drug-likeness (QED) is 0.551. The Balaban J connectivity index is 1.73. The van der Waals surface area contributed by atoms with Crippen LogP contribution in [0.2, 0.25) is 0 Å². The lowest BCUT2D eigenvalue weighted by atomic mass is 9.82. The number of methoxy groups -OCH3 is 1. The van der Waals surface area contributed by atoms with E-state index in [-0.39, 0.29) is 25.5 Å². The van der Waals surface area contributed by atoms with E-state index in [1.165, 1.54) is 12.0 Å². The number of ether oxygens (including phenoxy) is 1. The number of hydrogen-bond donors (Lipinski definition) is 2. The Hall–Kier alpha value is -1.67. The number of likely N-dealkylation sites (tertiary alicyclic amines) is 1. The average Bonchev–Trinajstić information content (AvgIpc) is 3.01. The van der Waals surface area contributed by atoms with Crippen LogP contribution in [-0.2, 0) is 14.3 Å². The smallest absolute Gasteiger partial charge is 0.326 e. The van der Waals surface area contributed by atoms with Crippen molar-refractivity contribution in [3.63, 3.8) is 0 Å². The van der Waals surface area contributed by atoms with Crippen molar-refractivity contribution in [1.82, 2.24) is 15.1 Å². The van der Waals surface area contributed by atoms with Gasteiger partial charge < -0.3 is 15.2 Å². The van der Waals surface area contributed by atoms with E-state index < -0.39 is 29.7 Å². The first-order valence-corrected chi connectivity index (χ1v) is 8.11. The second-order valence-electron chi connectivity index (χ2n) is 6.65. The van der Waals surface area contributed by atoms with Crippen LogP contribution in [0.3, 0.4) is 0 Å². The second kappa shape index (κ2) is 6.09. The summed E-state index contributed by atoms with van der Waals surface area (Å²) in [7, 11) is 1.29. The highest BCUT2D eigenvalue weighted by molar-refractivity contribution is 6.07. The van der Waals surface area contributed by atoms with Crippen molar-refractivity contribution in [3.8, 4) is 0 Å². The van der Waals surface area contributed by atoms with Gasteiger partial charge in [0.15, 0.2) is 0 Å². The maximum atomic E-state index is 12.7. The fourth-order valence-corrected chi connectivity index (χ4v) is 3.90. The number of imide groups is 1. The summed E-state index contributed by atoms with van der Waals surface area (Å²) in [6.45, 7) is 0.243.